The normalized spacial score (nSPS) is 15.7. The van der Waals surface area contributed by atoms with E-state index >= 15 is 0 Å². The van der Waals surface area contributed by atoms with Gasteiger partial charge in [-0.25, -0.2) is 0 Å². The summed E-state index contributed by atoms with van der Waals surface area (Å²) < 4.78 is 0. The molecule has 1 atom stereocenters. The minimum Gasteiger partial charge on any atom is -0.310 e. The minimum atomic E-state index is -0.0165. The molecular weight excluding hydrogens is 641 g/mol. The highest BCUT2D eigenvalue weighted by atomic mass is 15.1. The third-order valence-corrected chi connectivity index (χ3v) is 11.6. The molecule has 0 radical (unpaired) electrons. The molecule has 0 aromatic heterocycles. The van der Waals surface area contributed by atoms with Crippen LogP contribution in [0.2, 0.25) is 0 Å². The second-order valence-electron chi connectivity index (χ2n) is 14.5. The predicted molar refractivity (Wildman–Crippen MR) is 223 cm³/mol. The highest BCUT2D eigenvalue weighted by molar-refractivity contribution is 5.99. The minimum absolute atomic E-state index is 0.0165. The van der Waals surface area contributed by atoms with Gasteiger partial charge in [-0.1, -0.05) is 127 Å². The van der Waals surface area contributed by atoms with Crippen LogP contribution in [0.4, 0.5) is 34.1 Å². The van der Waals surface area contributed by atoms with E-state index < -0.39 is 0 Å². The third-order valence-electron chi connectivity index (χ3n) is 11.6. The van der Waals surface area contributed by atoms with Crippen LogP contribution in [0.15, 0.2) is 194 Å². The van der Waals surface area contributed by atoms with Crippen LogP contribution >= 0.6 is 0 Å². The second kappa shape index (κ2) is 13.0. The van der Waals surface area contributed by atoms with Crippen molar-refractivity contribution in [3.8, 4) is 11.1 Å². The first kappa shape index (κ1) is 31.4. The van der Waals surface area contributed by atoms with E-state index in [0.717, 1.165) is 37.1 Å². The number of nitrogens with zero attached hydrogens (tertiary/aromatic N) is 2. The lowest BCUT2D eigenvalue weighted by Crippen LogP contribution is -2.22. The molecule has 8 aromatic carbocycles. The molecule has 2 aliphatic rings. The number of hydrogen-bond acceptors (Lipinski definition) is 2. The van der Waals surface area contributed by atoms with E-state index in [2.05, 4.69) is 204 Å². The average molecular weight is 681 g/mol. The molecule has 0 bridgehead atoms. The Morgan fingerprint density at radius 2 is 0.830 bits per heavy atom. The van der Waals surface area contributed by atoms with Gasteiger partial charge in [-0.3, -0.25) is 0 Å². The Balaban J connectivity index is 1.09. The van der Waals surface area contributed by atoms with Gasteiger partial charge in [0.25, 0.3) is 0 Å². The van der Waals surface area contributed by atoms with Crippen molar-refractivity contribution in [3.63, 3.8) is 0 Å². The van der Waals surface area contributed by atoms with Crippen molar-refractivity contribution in [2.24, 2.45) is 0 Å². The van der Waals surface area contributed by atoms with Gasteiger partial charge in [0, 0.05) is 39.2 Å². The van der Waals surface area contributed by atoms with Crippen LogP contribution in [0.1, 0.15) is 35.1 Å². The Kier molecular flexibility index (Phi) is 7.69. The van der Waals surface area contributed by atoms with Crippen molar-refractivity contribution in [2.45, 2.75) is 31.1 Å². The first-order valence-electron chi connectivity index (χ1n) is 18.9. The summed E-state index contributed by atoms with van der Waals surface area (Å²) in [4.78, 5) is 4.88. The van der Waals surface area contributed by atoms with Gasteiger partial charge in [0.1, 0.15) is 0 Å². The van der Waals surface area contributed by atoms with Crippen molar-refractivity contribution in [3.05, 3.63) is 216 Å². The Morgan fingerprint density at radius 3 is 1.47 bits per heavy atom. The van der Waals surface area contributed by atoms with Crippen molar-refractivity contribution >= 4 is 44.9 Å². The molecule has 0 N–H and O–H groups in total. The maximum Gasteiger partial charge on any atom is 0.0540 e. The van der Waals surface area contributed by atoms with E-state index in [1.165, 1.54) is 66.9 Å². The Morgan fingerprint density at radius 1 is 0.358 bits per heavy atom. The van der Waals surface area contributed by atoms with Crippen LogP contribution in [-0.2, 0) is 18.3 Å². The molecule has 0 aliphatic heterocycles. The fourth-order valence-electron chi connectivity index (χ4n) is 9.10. The third kappa shape index (κ3) is 5.41. The summed E-state index contributed by atoms with van der Waals surface area (Å²) in [7, 11) is 0. The zero-order chi connectivity index (χ0) is 35.2. The molecule has 0 fully saturated rings. The summed E-state index contributed by atoms with van der Waals surface area (Å²) in [5.74, 6) is 0. The molecule has 53 heavy (non-hydrogen) atoms. The number of hydrogen-bond donors (Lipinski definition) is 0. The maximum atomic E-state index is 2.52. The summed E-state index contributed by atoms with van der Waals surface area (Å²) >= 11 is 0. The fourth-order valence-corrected chi connectivity index (χ4v) is 9.10. The molecule has 2 nitrogen and oxygen atoms in total. The van der Waals surface area contributed by atoms with Crippen LogP contribution in [0.3, 0.4) is 0 Å². The molecule has 254 valence electrons. The van der Waals surface area contributed by atoms with Crippen molar-refractivity contribution in [1.82, 2.24) is 0 Å². The van der Waals surface area contributed by atoms with Crippen LogP contribution < -0.4 is 9.80 Å². The number of aryl methyl sites for hydroxylation is 2. The average Bonchev–Trinajstić information content (AvgIpc) is 3.80. The molecule has 1 spiro atoms. The Hall–Kier alpha value is -6.38. The van der Waals surface area contributed by atoms with Crippen LogP contribution in [0.25, 0.3) is 21.9 Å². The van der Waals surface area contributed by atoms with E-state index in [1.807, 2.05) is 0 Å². The summed E-state index contributed by atoms with van der Waals surface area (Å²) in [5.41, 5.74) is 15.5. The lowest BCUT2D eigenvalue weighted by Gasteiger charge is -2.32. The summed E-state index contributed by atoms with van der Waals surface area (Å²) in [5, 5.41) is 2.50. The number of para-hydroxylation sites is 2. The lowest BCUT2D eigenvalue weighted by atomic mass is 9.76. The van der Waals surface area contributed by atoms with Crippen LogP contribution in [0.5, 0.6) is 0 Å². The van der Waals surface area contributed by atoms with Crippen molar-refractivity contribution in [1.29, 1.82) is 0 Å². The van der Waals surface area contributed by atoms with Crippen molar-refractivity contribution < 1.29 is 0 Å². The molecule has 2 heteroatoms. The first-order valence-corrected chi connectivity index (χ1v) is 18.9. The van der Waals surface area contributed by atoms with Crippen LogP contribution in [0, 0.1) is 0 Å². The summed E-state index contributed by atoms with van der Waals surface area (Å²) in [6.07, 6.45) is 4.47. The van der Waals surface area contributed by atoms with Gasteiger partial charge in [0.2, 0.25) is 0 Å². The van der Waals surface area contributed by atoms with E-state index in [9.17, 15) is 0 Å². The molecular formula is C51H40N2. The first-order chi connectivity index (χ1) is 26.2. The fraction of sp³-hybridized carbons (Fsp3) is 0.0980. The van der Waals surface area contributed by atoms with Gasteiger partial charge in [-0.2, -0.15) is 0 Å². The largest absolute Gasteiger partial charge is 0.310 e. The topological polar surface area (TPSA) is 6.48 Å². The quantitative estimate of drug-likeness (QED) is 0.165. The summed E-state index contributed by atoms with van der Waals surface area (Å²) in [6.45, 7) is 0. The van der Waals surface area contributed by atoms with E-state index in [4.69, 9.17) is 0 Å². The molecule has 8 aromatic rings. The number of benzene rings is 8. The van der Waals surface area contributed by atoms with Gasteiger partial charge in [-0.15, -0.1) is 0 Å². The van der Waals surface area contributed by atoms with Crippen molar-refractivity contribution in [2.75, 3.05) is 9.80 Å². The maximum absolute atomic E-state index is 2.52. The molecule has 0 saturated carbocycles. The zero-order valence-electron chi connectivity index (χ0n) is 29.7. The summed E-state index contributed by atoms with van der Waals surface area (Å²) in [6, 6.07) is 71.2. The predicted octanol–water partition coefficient (Wildman–Crippen LogP) is 13.6. The monoisotopic (exact) mass is 680 g/mol. The van der Waals surface area contributed by atoms with E-state index in [1.54, 1.807) is 0 Å². The van der Waals surface area contributed by atoms with Gasteiger partial charge >= 0.3 is 0 Å². The van der Waals surface area contributed by atoms with Gasteiger partial charge in [0.15, 0.2) is 0 Å². The van der Waals surface area contributed by atoms with Gasteiger partial charge < -0.3 is 9.80 Å². The molecule has 2 aliphatic carbocycles. The molecule has 0 saturated heterocycles. The lowest BCUT2D eigenvalue weighted by molar-refractivity contribution is 0.507. The Bertz CT molecular complexity index is 2550. The molecule has 10 rings (SSSR count). The molecule has 0 amide bonds. The number of rotatable bonds is 7. The smallest absolute Gasteiger partial charge is 0.0540 e. The molecule has 0 unspecified atom stereocenters. The standard InChI is InChI=1S/C51H40N2/c1-4-13-37(14-5-1)38-23-27-44(28-24-38)52(42-17-6-2-7-18-42)45-29-25-40-31-33-51(48(40)35-45)34-32-41-26-30-46(36-49(41)51)53(43-19-8-3-9-20-43)50-22-12-16-39-15-10-11-21-47(39)50/h1-30,35-36H,31-34H2/t51-/m1/s1. The second-order valence-corrected chi connectivity index (χ2v) is 14.5. The van der Waals surface area contributed by atoms with E-state index in [-0.39, 0.29) is 5.41 Å². The highest BCUT2D eigenvalue weighted by Crippen LogP contribution is 2.55. The van der Waals surface area contributed by atoms with Gasteiger partial charge in [-0.05, 0) is 131 Å². The van der Waals surface area contributed by atoms with Crippen LogP contribution in [-0.4, -0.2) is 0 Å². The Labute approximate surface area is 312 Å². The van der Waals surface area contributed by atoms with E-state index in [0.29, 0.717) is 0 Å². The SMILES string of the molecule is c1ccc(-c2ccc(N(c3ccccc3)c3ccc4c(c3)[C@@]3(CC4)CCc4ccc(N(c5ccccc5)c5cccc6ccccc56)cc43)cc2)cc1. The number of anilines is 6. The zero-order valence-corrected chi connectivity index (χ0v) is 29.7. The number of fused-ring (bicyclic) bond motifs is 5. The highest BCUT2D eigenvalue weighted by Gasteiger charge is 2.45. The van der Waals surface area contributed by atoms with Gasteiger partial charge in [0.05, 0.1) is 5.69 Å². The molecule has 0 heterocycles.